The molecule has 2 aliphatic rings. The van der Waals surface area contributed by atoms with Gasteiger partial charge in [-0.25, -0.2) is 0 Å². The number of thioether (sulfide) groups is 1. The molecule has 2 nitrogen and oxygen atoms in total. The van der Waals surface area contributed by atoms with E-state index in [2.05, 4.69) is 29.3 Å². The number of hydrogen-bond acceptors (Lipinski definition) is 3. The fourth-order valence-electron chi connectivity index (χ4n) is 3.22. The molecule has 1 saturated carbocycles. The molecule has 1 unspecified atom stereocenters. The minimum atomic E-state index is 0.648. The molecule has 2 N–H and O–H groups in total. The highest BCUT2D eigenvalue weighted by atomic mass is 32.2. The molecule has 17 heavy (non-hydrogen) atoms. The van der Waals surface area contributed by atoms with Gasteiger partial charge in [-0.15, -0.1) is 0 Å². The van der Waals surface area contributed by atoms with Crippen molar-refractivity contribution < 1.29 is 0 Å². The van der Waals surface area contributed by atoms with E-state index in [1.54, 1.807) is 0 Å². The van der Waals surface area contributed by atoms with Gasteiger partial charge in [0.15, 0.2) is 0 Å². The zero-order valence-corrected chi connectivity index (χ0v) is 12.1. The maximum absolute atomic E-state index is 3.72. The van der Waals surface area contributed by atoms with E-state index in [4.69, 9.17) is 0 Å². The average Bonchev–Trinajstić information content (AvgIpc) is 2.85. The predicted octanol–water partition coefficient (Wildman–Crippen LogP) is 2.64. The zero-order valence-electron chi connectivity index (χ0n) is 11.3. The Morgan fingerprint density at radius 3 is 2.82 bits per heavy atom. The third-order valence-corrected chi connectivity index (χ3v) is 5.71. The van der Waals surface area contributed by atoms with Gasteiger partial charge in [0.05, 0.1) is 0 Å². The van der Waals surface area contributed by atoms with E-state index in [0.717, 1.165) is 6.04 Å². The van der Waals surface area contributed by atoms with Gasteiger partial charge in [-0.3, -0.25) is 0 Å². The largest absolute Gasteiger partial charge is 0.316 e. The summed E-state index contributed by atoms with van der Waals surface area (Å²) in [5.41, 5.74) is 0.648. The Hall–Kier alpha value is 0.270. The molecular weight excluding hydrogens is 228 g/mol. The van der Waals surface area contributed by atoms with Crippen molar-refractivity contribution in [1.82, 2.24) is 10.6 Å². The molecule has 0 bridgehead atoms. The molecule has 1 aliphatic carbocycles. The zero-order chi connectivity index (χ0) is 12.0. The smallest absolute Gasteiger partial charge is 0.0170 e. The molecule has 1 heterocycles. The number of rotatable bonds is 6. The topological polar surface area (TPSA) is 24.1 Å². The fourth-order valence-corrected chi connectivity index (χ4v) is 4.21. The van der Waals surface area contributed by atoms with Crippen molar-refractivity contribution in [2.24, 2.45) is 5.41 Å². The summed E-state index contributed by atoms with van der Waals surface area (Å²) in [5, 5.41) is 7.33. The molecule has 3 heteroatoms. The van der Waals surface area contributed by atoms with Gasteiger partial charge in [0.1, 0.15) is 0 Å². The molecule has 1 atom stereocenters. The molecule has 1 aliphatic heterocycles. The van der Waals surface area contributed by atoms with Crippen LogP contribution in [0.25, 0.3) is 0 Å². The van der Waals surface area contributed by atoms with Gasteiger partial charge in [-0.2, -0.15) is 11.8 Å². The van der Waals surface area contributed by atoms with E-state index in [1.165, 1.54) is 69.7 Å². The minimum absolute atomic E-state index is 0.648. The molecule has 0 spiro atoms. The number of nitrogens with one attached hydrogen (secondary N) is 2. The molecule has 100 valence electrons. The van der Waals surface area contributed by atoms with Gasteiger partial charge in [0.2, 0.25) is 0 Å². The summed E-state index contributed by atoms with van der Waals surface area (Å²) in [6.45, 7) is 6.02. The summed E-state index contributed by atoms with van der Waals surface area (Å²) >= 11 is 2.10. The summed E-state index contributed by atoms with van der Waals surface area (Å²) < 4.78 is 0. The molecule has 0 radical (unpaired) electrons. The normalized spacial score (nSPS) is 28.4. The van der Waals surface area contributed by atoms with E-state index >= 15 is 0 Å². The molecule has 0 amide bonds. The molecule has 0 aromatic rings. The highest BCUT2D eigenvalue weighted by Crippen LogP contribution is 2.40. The van der Waals surface area contributed by atoms with Crippen LogP contribution in [0.1, 0.15) is 45.4 Å². The monoisotopic (exact) mass is 256 g/mol. The summed E-state index contributed by atoms with van der Waals surface area (Å²) in [4.78, 5) is 0. The van der Waals surface area contributed by atoms with Crippen LogP contribution in [0.3, 0.4) is 0 Å². The van der Waals surface area contributed by atoms with Crippen LogP contribution in [0.2, 0.25) is 0 Å². The summed E-state index contributed by atoms with van der Waals surface area (Å²) in [6, 6.07) is 0.752. The van der Waals surface area contributed by atoms with Crippen molar-refractivity contribution in [2.45, 2.75) is 51.5 Å². The van der Waals surface area contributed by atoms with Gasteiger partial charge in [0, 0.05) is 30.6 Å². The van der Waals surface area contributed by atoms with Crippen molar-refractivity contribution in [3.05, 3.63) is 0 Å². The lowest BCUT2D eigenvalue weighted by molar-refractivity contribution is 0.267. The third-order valence-electron chi connectivity index (χ3n) is 4.58. The highest BCUT2D eigenvalue weighted by Gasteiger charge is 2.31. The Morgan fingerprint density at radius 1 is 1.35 bits per heavy atom. The van der Waals surface area contributed by atoms with Crippen molar-refractivity contribution in [3.63, 3.8) is 0 Å². The Morgan fingerprint density at radius 2 is 2.18 bits per heavy atom. The average molecular weight is 256 g/mol. The Balaban J connectivity index is 1.58. The van der Waals surface area contributed by atoms with E-state index < -0.39 is 0 Å². The van der Waals surface area contributed by atoms with E-state index in [-0.39, 0.29) is 0 Å². The maximum Gasteiger partial charge on any atom is 0.0170 e. The SMILES string of the molecule is CCC1(CNCCC2CSCCN2)CCCC1. The Kier molecular flexibility index (Phi) is 5.64. The van der Waals surface area contributed by atoms with Crippen LogP contribution in [-0.2, 0) is 0 Å². The number of hydrogen-bond donors (Lipinski definition) is 2. The van der Waals surface area contributed by atoms with Crippen molar-refractivity contribution in [1.29, 1.82) is 0 Å². The first-order valence-corrected chi connectivity index (χ1v) is 8.52. The summed E-state index contributed by atoms with van der Waals surface area (Å²) in [7, 11) is 0. The van der Waals surface area contributed by atoms with Gasteiger partial charge in [0.25, 0.3) is 0 Å². The van der Waals surface area contributed by atoms with Gasteiger partial charge >= 0.3 is 0 Å². The lowest BCUT2D eigenvalue weighted by Gasteiger charge is -2.29. The molecule has 1 saturated heterocycles. The first-order valence-electron chi connectivity index (χ1n) is 7.36. The van der Waals surface area contributed by atoms with Gasteiger partial charge in [-0.05, 0) is 37.6 Å². The summed E-state index contributed by atoms with van der Waals surface area (Å²) in [6.07, 6.45) is 8.47. The molecule has 2 fully saturated rings. The predicted molar refractivity (Wildman–Crippen MR) is 77.8 cm³/mol. The van der Waals surface area contributed by atoms with Crippen molar-refractivity contribution >= 4 is 11.8 Å². The quantitative estimate of drug-likeness (QED) is 0.715. The van der Waals surface area contributed by atoms with Gasteiger partial charge in [-0.1, -0.05) is 19.8 Å². The van der Waals surface area contributed by atoms with E-state index in [1.807, 2.05) is 0 Å². The second kappa shape index (κ2) is 7.01. The first-order chi connectivity index (χ1) is 8.35. The molecule has 2 rings (SSSR count). The standard InChI is InChI=1S/C14H28N2S/c1-2-14(6-3-4-7-14)12-15-8-5-13-11-17-10-9-16-13/h13,15-16H,2-12H2,1H3. The van der Waals surface area contributed by atoms with Crippen LogP contribution in [0, 0.1) is 5.41 Å². The minimum Gasteiger partial charge on any atom is -0.316 e. The molecule has 0 aromatic carbocycles. The van der Waals surface area contributed by atoms with E-state index in [0.29, 0.717) is 5.41 Å². The van der Waals surface area contributed by atoms with Crippen molar-refractivity contribution in [3.8, 4) is 0 Å². The van der Waals surface area contributed by atoms with Crippen molar-refractivity contribution in [2.75, 3.05) is 31.1 Å². The highest BCUT2D eigenvalue weighted by molar-refractivity contribution is 7.99. The molecule has 0 aromatic heterocycles. The third kappa shape index (κ3) is 4.15. The van der Waals surface area contributed by atoms with Crippen LogP contribution in [0.5, 0.6) is 0 Å². The van der Waals surface area contributed by atoms with E-state index in [9.17, 15) is 0 Å². The van der Waals surface area contributed by atoms with Crippen LogP contribution in [0.4, 0.5) is 0 Å². The second-order valence-electron chi connectivity index (χ2n) is 5.75. The molecular formula is C14H28N2S. The Bertz CT molecular complexity index is 208. The first kappa shape index (κ1) is 13.7. The Labute approximate surface area is 111 Å². The fraction of sp³-hybridized carbons (Fsp3) is 1.00. The van der Waals surface area contributed by atoms with Crippen LogP contribution < -0.4 is 10.6 Å². The van der Waals surface area contributed by atoms with Crippen LogP contribution >= 0.6 is 11.8 Å². The van der Waals surface area contributed by atoms with Crippen LogP contribution in [-0.4, -0.2) is 37.2 Å². The van der Waals surface area contributed by atoms with Crippen LogP contribution in [0.15, 0.2) is 0 Å². The summed E-state index contributed by atoms with van der Waals surface area (Å²) in [5.74, 6) is 2.60. The van der Waals surface area contributed by atoms with Gasteiger partial charge < -0.3 is 10.6 Å². The lowest BCUT2D eigenvalue weighted by Crippen LogP contribution is -2.40. The second-order valence-corrected chi connectivity index (χ2v) is 6.90. The lowest BCUT2D eigenvalue weighted by atomic mass is 9.83. The maximum atomic E-state index is 3.72.